The van der Waals surface area contributed by atoms with E-state index in [2.05, 4.69) is 118 Å². The van der Waals surface area contributed by atoms with Crippen molar-refractivity contribution in [3.05, 3.63) is 97.2 Å². The predicted molar refractivity (Wildman–Crippen MR) is 274 cm³/mol. The molecule has 0 aromatic rings. The number of rotatable bonds is 46. The lowest BCUT2D eigenvalue weighted by molar-refractivity contribution is -0.167. The largest absolute Gasteiger partial charge is 0.462 e. The SMILES string of the molecule is CC/C=C\C/C=C\C/C=C\C/C=C\CCCCCC(=O)OC(COC(=O)CCCCCCC/C=C\CCCC)COC(=O)CCCCCCCCCCC/C=C\C/C=C\C/C=C\CC. The number of esters is 3. The van der Waals surface area contributed by atoms with Crippen LogP contribution >= 0.6 is 0 Å². The summed E-state index contributed by atoms with van der Waals surface area (Å²) in [4.78, 5) is 38.0. The first-order chi connectivity index (χ1) is 31.5. The molecule has 0 amide bonds. The number of carbonyl (C=O) groups excluding carboxylic acids is 3. The number of allylic oxidation sites excluding steroid dienone is 16. The van der Waals surface area contributed by atoms with Crippen molar-refractivity contribution >= 4 is 17.9 Å². The van der Waals surface area contributed by atoms with Crippen LogP contribution in [0.4, 0.5) is 0 Å². The van der Waals surface area contributed by atoms with Crippen molar-refractivity contribution in [3.8, 4) is 0 Å². The molecule has 1 unspecified atom stereocenters. The van der Waals surface area contributed by atoms with E-state index in [0.29, 0.717) is 12.8 Å². The van der Waals surface area contributed by atoms with Gasteiger partial charge in [-0.1, -0.05) is 201 Å². The van der Waals surface area contributed by atoms with E-state index in [1.807, 2.05) is 0 Å². The van der Waals surface area contributed by atoms with Crippen molar-refractivity contribution in [1.82, 2.24) is 0 Å². The van der Waals surface area contributed by atoms with Crippen molar-refractivity contribution in [2.45, 2.75) is 239 Å². The van der Waals surface area contributed by atoms with Crippen molar-refractivity contribution < 1.29 is 28.6 Å². The minimum atomic E-state index is -0.800. The van der Waals surface area contributed by atoms with Crippen LogP contribution in [0.1, 0.15) is 233 Å². The number of hydrogen-bond acceptors (Lipinski definition) is 6. The van der Waals surface area contributed by atoms with Gasteiger partial charge in [0.1, 0.15) is 13.2 Å². The molecule has 64 heavy (non-hydrogen) atoms. The highest BCUT2D eigenvalue weighted by Gasteiger charge is 2.19. The van der Waals surface area contributed by atoms with E-state index >= 15 is 0 Å². The van der Waals surface area contributed by atoms with Crippen LogP contribution in [-0.2, 0) is 28.6 Å². The van der Waals surface area contributed by atoms with Crippen molar-refractivity contribution in [1.29, 1.82) is 0 Å². The van der Waals surface area contributed by atoms with E-state index < -0.39 is 6.10 Å². The maximum Gasteiger partial charge on any atom is 0.306 e. The van der Waals surface area contributed by atoms with Gasteiger partial charge < -0.3 is 14.2 Å². The molecule has 0 radical (unpaired) electrons. The Morgan fingerprint density at radius 1 is 0.328 bits per heavy atom. The molecule has 0 saturated heterocycles. The van der Waals surface area contributed by atoms with Crippen molar-refractivity contribution in [2.75, 3.05) is 13.2 Å². The number of hydrogen-bond donors (Lipinski definition) is 0. The Morgan fingerprint density at radius 2 is 0.609 bits per heavy atom. The van der Waals surface area contributed by atoms with Gasteiger partial charge in [-0.15, -0.1) is 0 Å². The Morgan fingerprint density at radius 3 is 0.984 bits per heavy atom. The minimum absolute atomic E-state index is 0.0969. The van der Waals surface area contributed by atoms with Crippen LogP contribution in [0.5, 0.6) is 0 Å². The molecule has 0 saturated carbocycles. The van der Waals surface area contributed by atoms with Crippen molar-refractivity contribution in [3.63, 3.8) is 0 Å². The summed E-state index contributed by atoms with van der Waals surface area (Å²) >= 11 is 0. The first-order valence-electron chi connectivity index (χ1n) is 26.2. The van der Waals surface area contributed by atoms with Crippen LogP contribution in [0.15, 0.2) is 97.2 Å². The summed E-state index contributed by atoms with van der Waals surface area (Å²) in [5, 5.41) is 0. The maximum absolute atomic E-state index is 12.8. The zero-order valence-corrected chi connectivity index (χ0v) is 41.5. The van der Waals surface area contributed by atoms with Gasteiger partial charge in [-0.2, -0.15) is 0 Å². The van der Waals surface area contributed by atoms with E-state index in [1.165, 1.54) is 70.6 Å². The zero-order valence-electron chi connectivity index (χ0n) is 41.5. The molecule has 0 aliphatic rings. The molecule has 6 nitrogen and oxygen atoms in total. The lowest BCUT2D eigenvalue weighted by Gasteiger charge is -2.18. The Labute approximate surface area is 394 Å². The van der Waals surface area contributed by atoms with Crippen LogP contribution in [0.3, 0.4) is 0 Å². The van der Waals surface area contributed by atoms with Gasteiger partial charge >= 0.3 is 17.9 Å². The molecular formula is C58H96O6. The molecule has 0 bridgehead atoms. The lowest BCUT2D eigenvalue weighted by Crippen LogP contribution is -2.30. The minimum Gasteiger partial charge on any atom is -0.462 e. The van der Waals surface area contributed by atoms with Gasteiger partial charge in [-0.25, -0.2) is 0 Å². The van der Waals surface area contributed by atoms with Crippen LogP contribution in [0, 0.1) is 0 Å². The highest BCUT2D eigenvalue weighted by atomic mass is 16.6. The van der Waals surface area contributed by atoms with Crippen molar-refractivity contribution in [2.24, 2.45) is 0 Å². The highest BCUT2D eigenvalue weighted by molar-refractivity contribution is 5.71. The van der Waals surface area contributed by atoms with E-state index in [0.717, 1.165) is 122 Å². The fraction of sp³-hybridized carbons (Fsp3) is 0.672. The standard InChI is InChI=1S/C58H96O6/c1-4-7-10-13-16-19-22-24-26-28-29-30-32-33-36-39-42-45-48-51-57(60)63-54-55(53-62-56(59)50-47-44-41-38-35-21-18-15-12-9-6-3)64-58(61)52-49-46-43-40-37-34-31-27-25-23-20-17-14-11-8-5-2/h7-8,10-11,15-20,24-27,34,37,55H,4-6,9,12-14,21-23,28-33,35-36,38-54H2,1-3H3/b10-7-,11-8-,18-15-,19-16-,20-17-,26-24-,27-25-,37-34-. The highest BCUT2D eigenvalue weighted by Crippen LogP contribution is 2.14. The normalized spacial score (nSPS) is 12.9. The summed E-state index contributed by atoms with van der Waals surface area (Å²) in [5.74, 6) is -0.946. The van der Waals surface area contributed by atoms with Gasteiger partial charge in [-0.05, 0) is 109 Å². The molecule has 0 aliphatic carbocycles. The summed E-state index contributed by atoms with van der Waals surface area (Å²) < 4.78 is 16.8. The van der Waals surface area contributed by atoms with Gasteiger partial charge in [0.2, 0.25) is 0 Å². The number of ether oxygens (including phenoxy) is 3. The Bertz CT molecular complexity index is 1300. The second kappa shape index (κ2) is 52.0. The Kier molecular flexibility index (Phi) is 49.0. The monoisotopic (exact) mass is 889 g/mol. The third kappa shape index (κ3) is 49.3. The summed E-state index contributed by atoms with van der Waals surface area (Å²) in [7, 11) is 0. The molecule has 0 aliphatic heterocycles. The van der Waals surface area contributed by atoms with Gasteiger partial charge in [0.25, 0.3) is 0 Å². The average Bonchev–Trinajstić information content (AvgIpc) is 3.29. The zero-order chi connectivity index (χ0) is 46.5. The first kappa shape index (κ1) is 60.3. The summed E-state index contributed by atoms with van der Waals surface area (Å²) in [5.41, 5.74) is 0. The number of unbranched alkanes of at least 4 members (excludes halogenated alkanes) is 19. The van der Waals surface area contributed by atoms with E-state index in [-0.39, 0.29) is 37.5 Å². The summed E-state index contributed by atoms with van der Waals surface area (Å²) in [6.07, 6.45) is 68.2. The molecule has 0 aromatic carbocycles. The smallest absolute Gasteiger partial charge is 0.306 e. The predicted octanol–water partition coefficient (Wildman–Crippen LogP) is 17.4. The molecule has 0 aromatic heterocycles. The average molecular weight is 889 g/mol. The lowest BCUT2D eigenvalue weighted by atomic mass is 10.1. The fourth-order valence-corrected chi connectivity index (χ4v) is 6.90. The maximum atomic E-state index is 12.8. The van der Waals surface area contributed by atoms with E-state index in [9.17, 15) is 14.4 Å². The van der Waals surface area contributed by atoms with Gasteiger partial charge in [-0.3, -0.25) is 14.4 Å². The fourth-order valence-electron chi connectivity index (χ4n) is 6.90. The molecule has 0 heterocycles. The van der Waals surface area contributed by atoms with Gasteiger partial charge in [0.05, 0.1) is 0 Å². The van der Waals surface area contributed by atoms with Gasteiger partial charge in [0.15, 0.2) is 6.10 Å². The van der Waals surface area contributed by atoms with Gasteiger partial charge in [0, 0.05) is 19.3 Å². The third-order valence-corrected chi connectivity index (χ3v) is 10.8. The van der Waals surface area contributed by atoms with Crippen LogP contribution < -0.4 is 0 Å². The second-order valence-corrected chi connectivity index (χ2v) is 17.0. The van der Waals surface area contributed by atoms with E-state index in [4.69, 9.17) is 14.2 Å². The molecule has 1 atom stereocenters. The van der Waals surface area contributed by atoms with Crippen LogP contribution in [-0.4, -0.2) is 37.2 Å². The summed E-state index contributed by atoms with van der Waals surface area (Å²) in [6, 6.07) is 0. The first-order valence-corrected chi connectivity index (χ1v) is 26.2. The second-order valence-electron chi connectivity index (χ2n) is 17.0. The molecule has 364 valence electrons. The Balaban J connectivity index is 4.42. The topological polar surface area (TPSA) is 78.9 Å². The molecule has 0 spiro atoms. The molecule has 0 rings (SSSR count). The Hall–Kier alpha value is -3.67. The number of carbonyl (C=O) groups is 3. The molecule has 0 N–H and O–H groups in total. The van der Waals surface area contributed by atoms with Crippen LogP contribution in [0.25, 0.3) is 0 Å². The molecular weight excluding hydrogens is 793 g/mol. The van der Waals surface area contributed by atoms with E-state index in [1.54, 1.807) is 0 Å². The third-order valence-electron chi connectivity index (χ3n) is 10.8. The molecule has 0 fully saturated rings. The van der Waals surface area contributed by atoms with Crippen LogP contribution in [0.2, 0.25) is 0 Å². The quantitative estimate of drug-likeness (QED) is 0.0262. The summed E-state index contributed by atoms with van der Waals surface area (Å²) in [6.45, 7) is 6.33. The molecule has 6 heteroatoms.